The minimum Gasteiger partial charge on any atom is -0.492 e. The number of nitrogens with two attached hydrogens (primary N) is 2. The molecule has 144 heavy (non-hydrogen) atoms. The van der Waals surface area contributed by atoms with Crippen molar-refractivity contribution in [1.29, 1.82) is 0 Å². The van der Waals surface area contributed by atoms with Crippen molar-refractivity contribution in [2.75, 3.05) is 162 Å². The Kier molecular flexibility index (Phi) is 62.8. The van der Waals surface area contributed by atoms with Crippen LogP contribution in [0.25, 0.3) is 44.6 Å². The molecule has 770 valence electrons. The Hall–Kier alpha value is -14.1. The van der Waals surface area contributed by atoms with E-state index in [-0.39, 0.29) is 45.1 Å². The number of aliphatic carboxylic acids is 1. The maximum absolute atomic E-state index is 12.6. The van der Waals surface area contributed by atoms with Crippen LogP contribution in [0.15, 0.2) is 291 Å². The number of carboxylic acids is 1. The van der Waals surface area contributed by atoms with Gasteiger partial charge in [-0.1, -0.05) is 210 Å². The fourth-order valence-electron chi connectivity index (χ4n) is 13.1. The number of hydrogen-bond donors (Lipinski definition) is 3. The van der Waals surface area contributed by atoms with Gasteiger partial charge in [0.2, 0.25) is 0 Å². The molecule has 11 aromatic rings. The molecule has 0 bridgehead atoms. The summed E-state index contributed by atoms with van der Waals surface area (Å²) >= 11 is 2.25. The largest absolute Gasteiger partial charge is 0.492 e. The average Bonchev–Trinajstić information content (AvgIpc) is 0.792. The van der Waals surface area contributed by atoms with Crippen molar-refractivity contribution in [3.8, 4) is 52.1 Å². The molecular weight excluding hydrogens is 1940 g/mol. The number of methoxy groups -OCH3 is 5. The summed E-state index contributed by atoms with van der Waals surface area (Å²) in [7, 11) is 16.0. The molecule has 26 nitrogen and oxygen atoms in total. The quantitative estimate of drug-likeness (QED) is 0.00368. The van der Waals surface area contributed by atoms with Crippen LogP contribution in [-0.2, 0) is 66.6 Å². The summed E-state index contributed by atoms with van der Waals surface area (Å²) in [6.45, 7) is 22.8. The number of nitrogens with zero attached hydrogens (tertiary/aromatic N) is 2. The first-order chi connectivity index (χ1) is 69.8. The van der Waals surface area contributed by atoms with E-state index in [1.165, 1.54) is 3.57 Å². The maximum atomic E-state index is 12.6. The summed E-state index contributed by atoms with van der Waals surface area (Å²) in [6, 6.07) is 91.2. The zero-order valence-corrected chi connectivity index (χ0v) is 88.5. The van der Waals surface area contributed by atoms with Gasteiger partial charge in [-0.2, -0.15) is 0 Å². The van der Waals surface area contributed by atoms with Gasteiger partial charge in [-0.05, 0) is 292 Å². The number of allylic oxidation sites excluding steroid dienone is 4. The van der Waals surface area contributed by atoms with Crippen LogP contribution in [0, 0.1) is 15.4 Å². The van der Waals surface area contributed by atoms with Crippen LogP contribution in [0.1, 0.15) is 139 Å². The molecule has 0 amide bonds. The molecule has 0 saturated carbocycles. The minimum atomic E-state index is -0.934. The van der Waals surface area contributed by atoms with Crippen LogP contribution in [0.5, 0.6) is 40.2 Å². The lowest BCUT2D eigenvalue weighted by Gasteiger charge is -2.15. The third-order valence-corrected chi connectivity index (χ3v) is 20.6. The van der Waals surface area contributed by atoms with Crippen LogP contribution in [-0.4, -0.2) is 195 Å². The number of benzene rings is 11. The number of likely N-dealkylation sites (N-methyl/N-ethyl adjacent to an activating group) is 2. The third-order valence-electron chi connectivity index (χ3n) is 19.9. The van der Waals surface area contributed by atoms with Gasteiger partial charge >= 0.3 is 29.8 Å². The second kappa shape index (κ2) is 73.9. The van der Waals surface area contributed by atoms with Crippen LogP contribution in [0.4, 0.5) is 11.4 Å². The summed E-state index contributed by atoms with van der Waals surface area (Å²) in [5, 5.41) is 9.69. The Morgan fingerprint density at radius 3 is 0.757 bits per heavy atom. The Morgan fingerprint density at radius 1 is 0.292 bits per heavy atom. The maximum Gasteiger partial charge on any atom is 0.384 e. The first kappa shape index (κ1) is 122. The summed E-state index contributed by atoms with van der Waals surface area (Å²) in [6.07, 6.45) is 3.48. The second-order valence-electron chi connectivity index (χ2n) is 30.9. The van der Waals surface area contributed by atoms with Crippen LogP contribution in [0.3, 0.4) is 0 Å². The predicted molar refractivity (Wildman–Crippen MR) is 584 cm³/mol. The van der Waals surface area contributed by atoms with Crippen molar-refractivity contribution in [2.24, 2.45) is 0 Å². The smallest absolute Gasteiger partial charge is 0.384 e. The standard InChI is InChI=1S/3C21H24O4.C19H20O4.2C10H16N2O.C8H9IO2.C7H10O2/c1-4-19(16-11-13-18(14-12-16)25-15-23-3)20(21(22)24-5-2)17-9-7-6-8-10-17;2*1-4-19(16-9-7-6-8-10-16)20(21(22)24-5-2)17-11-13-18(14-12-17)25-15-23-3;1-3-17(14-7-5-4-6-8-14)18(19(20)21)15-9-11-16(12-10-15)23-13-22-2;2*1-12(2)7-8-13-10-5-3-9(11)4-6-10;1-10-6-11-8-4-2-7(9)3-5-8;1-3-5-6-7(8)9-4-2/h3*6-14H,4-5,15H2,1-3H3;4-12H,3,13H2,1-2H3,(H,20,21);2*3-6H,7-8,11H2,1-2H3;2-5H,6H2,1H3;3-4H2,1-2H3/b3*20-19+;18-17+;;;;. The fourth-order valence-corrected chi connectivity index (χ4v) is 13.5. The Morgan fingerprint density at radius 2 is 0.514 bits per heavy atom. The van der Waals surface area contributed by atoms with Gasteiger partial charge in [-0.25, -0.2) is 24.0 Å². The molecule has 0 fully saturated rings. The van der Waals surface area contributed by atoms with Gasteiger partial charge in [0.25, 0.3) is 0 Å². The Balaban J connectivity index is 0.000000351. The van der Waals surface area contributed by atoms with Crippen molar-refractivity contribution in [3.63, 3.8) is 0 Å². The molecule has 11 aromatic carbocycles. The number of halogens is 1. The van der Waals surface area contributed by atoms with Crippen LogP contribution < -0.4 is 44.6 Å². The molecule has 0 heterocycles. The van der Waals surface area contributed by atoms with Crippen molar-refractivity contribution < 1.29 is 105 Å². The van der Waals surface area contributed by atoms with Crippen molar-refractivity contribution in [2.45, 2.75) is 94.4 Å². The summed E-state index contributed by atoms with van der Waals surface area (Å²) in [5.74, 6) is 7.96. The summed E-state index contributed by atoms with van der Waals surface area (Å²) in [4.78, 5) is 64.3. The van der Waals surface area contributed by atoms with E-state index in [9.17, 15) is 29.1 Å². The molecule has 0 radical (unpaired) electrons. The Labute approximate surface area is 865 Å². The number of hydrogen-bond acceptors (Lipinski definition) is 25. The normalized spacial score (nSPS) is 11.0. The first-order valence-electron chi connectivity index (χ1n) is 47.4. The van der Waals surface area contributed by atoms with Gasteiger partial charge in [0.1, 0.15) is 53.5 Å². The number of carboxylic acid groups (broad SMARTS) is 1. The highest BCUT2D eigenvalue weighted by atomic mass is 127. The number of ether oxygens (including phenoxy) is 16. The van der Waals surface area contributed by atoms with Crippen molar-refractivity contribution in [3.05, 3.63) is 339 Å². The van der Waals surface area contributed by atoms with Crippen molar-refractivity contribution >= 4 is 108 Å². The van der Waals surface area contributed by atoms with Gasteiger partial charge in [0, 0.05) is 75.9 Å². The molecule has 0 aliphatic carbocycles. The lowest BCUT2D eigenvalue weighted by atomic mass is 9.93. The highest BCUT2D eigenvalue weighted by molar-refractivity contribution is 14.1. The number of esters is 4. The third kappa shape index (κ3) is 47.7. The van der Waals surface area contributed by atoms with Gasteiger partial charge < -0.3 is 102 Å². The number of nitrogen functional groups attached to an aromatic ring is 2. The second-order valence-corrected chi connectivity index (χ2v) is 32.1. The van der Waals surface area contributed by atoms with Gasteiger partial charge in [0.15, 0.2) is 34.0 Å². The number of rotatable bonds is 43. The number of carbonyl (C=O) groups is 5. The molecule has 11 rings (SSSR count). The lowest BCUT2D eigenvalue weighted by molar-refractivity contribution is -0.137. The SMILES string of the molecule is CC/C(=C(\C(=O)O)c1ccc(OCOC)cc1)c1ccccc1.CCC#CC(=O)OCC.CCOC(=O)/C(=C(\CC)c1ccc(OCOC)cc1)c1ccccc1.CCOC(=O)/C(=C(\CC)c1ccccc1)c1ccc(OCOC)cc1.CCOC(=O)/C(=C(\CC)c1ccccc1)c1ccc(OCOC)cc1.CN(C)CCOc1ccc(N)cc1.CN(C)CCOc1ccc(N)cc1.COCOc1ccc(I)cc1. The molecule has 0 unspecified atom stereocenters. The number of carbonyl (C=O) groups excluding carboxylic acids is 4. The summed E-state index contributed by atoms with van der Waals surface area (Å²) < 4.78 is 83.7. The van der Waals surface area contributed by atoms with Crippen LogP contribution in [0.2, 0.25) is 0 Å². The van der Waals surface area contributed by atoms with E-state index >= 15 is 0 Å². The fraction of sp³-hybridized carbons (Fsp3) is 0.308. The molecule has 0 spiro atoms. The van der Waals surface area contributed by atoms with E-state index < -0.39 is 11.9 Å². The van der Waals surface area contributed by atoms with E-state index in [0.29, 0.717) is 111 Å². The average molecular weight is 2080 g/mol. The van der Waals surface area contributed by atoms with E-state index in [2.05, 4.69) is 49.0 Å². The van der Waals surface area contributed by atoms with E-state index in [1.807, 2.05) is 351 Å². The van der Waals surface area contributed by atoms with Crippen LogP contribution >= 0.6 is 22.6 Å². The molecule has 0 aromatic heterocycles. The van der Waals surface area contributed by atoms with Gasteiger partial charge in [-0.3, -0.25) is 0 Å². The monoisotopic (exact) mass is 2080 g/mol. The molecular formula is C117H143IN4O22. The molecule has 0 atom stereocenters. The molecule has 0 saturated heterocycles. The predicted octanol–water partition coefficient (Wildman–Crippen LogP) is 23.4. The lowest BCUT2D eigenvalue weighted by Crippen LogP contribution is -2.19. The highest BCUT2D eigenvalue weighted by Crippen LogP contribution is 2.36. The molecule has 0 aliphatic heterocycles. The van der Waals surface area contributed by atoms with E-state index in [0.717, 1.165) is 122 Å². The summed E-state index contributed by atoms with van der Waals surface area (Å²) in [5.41, 5.74) is 25.5. The zero-order valence-electron chi connectivity index (χ0n) is 86.4. The molecule has 27 heteroatoms. The highest BCUT2D eigenvalue weighted by Gasteiger charge is 2.24. The van der Waals surface area contributed by atoms with Gasteiger partial charge in [0.05, 0.1) is 48.7 Å². The van der Waals surface area contributed by atoms with Crippen molar-refractivity contribution in [1.82, 2.24) is 9.80 Å². The number of anilines is 2. The molecule has 0 aliphatic rings. The topological polar surface area (TPSA) is 312 Å². The Bertz CT molecular complexity index is 5440. The van der Waals surface area contributed by atoms with E-state index in [4.69, 9.17) is 82.5 Å². The molecule has 5 N–H and O–H groups in total. The van der Waals surface area contributed by atoms with E-state index in [1.54, 1.807) is 66.7 Å². The van der Waals surface area contributed by atoms with Gasteiger partial charge in [-0.15, -0.1) is 0 Å². The minimum absolute atomic E-state index is 0.158. The zero-order chi connectivity index (χ0) is 105. The first-order valence-corrected chi connectivity index (χ1v) is 48.4.